The smallest absolute Gasteiger partial charge is 0.0662 e. The number of hydrogen-bond acceptors (Lipinski definition) is 3. The van der Waals surface area contributed by atoms with Gasteiger partial charge in [0.15, 0.2) is 0 Å². The van der Waals surface area contributed by atoms with Gasteiger partial charge in [-0.1, -0.05) is 6.92 Å². The van der Waals surface area contributed by atoms with Gasteiger partial charge < -0.3 is 5.32 Å². The predicted octanol–water partition coefficient (Wildman–Crippen LogP) is 2.93. The van der Waals surface area contributed by atoms with E-state index in [2.05, 4.69) is 23.3 Å². The summed E-state index contributed by atoms with van der Waals surface area (Å²) in [4.78, 5) is 5.55. The van der Waals surface area contributed by atoms with Crippen molar-refractivity contribution in [1.29, 1.82) is 0 Å². The predicted molar refractivity (Wildman–Crippen MR) is 59.5 cm³/mol. The number of hydrogen-bond donors (Lipinski definition) is 1. The Labute approximate surface area is 84.1 Å². The summed E-state index contributed by atoms with van der Waals surface area (Å²) >= 11 is 1.88. The molecule has 0 spiro atoms. The van der Waals surface area contributed by atoms with Gasteiger partial charge in [0.2, 0.25) is 0 Å². The molecule has 0 aromatic carbocycles. The summed E-state index contributed by atoms with van der Waals surface area (Å²) in [6, 6.07) is 2.13. The molecule has 0 unspecified atom stereocenters. The first-order chi connectivity index (χ1) is 6.27. The summed E-state index contributed by atoms with van der Waals surface area (Å²) in [5.74, 6) is 1.16. The lowest BCUT2D eigenvalue weighted by Crippen LogP contribution is -1.94. The summed E-state index contributed by atoms with van der Waals surface area (Å²) in [6.45, 7) is 4.22. The standard InChI is InChI=1S/C10H16N2S/c1-4-5-13-10-6-8(2)12-7-9(10)11-3/h6-7,11H,4-5H2,1-3H3. The molecule has 0 aliphatic heterocycles. The fraction of sp³-hybridized carbons (Fsp3) is 0.500. The van der Waals surface area contributed by atoms with E-state index in [1.54, 1.807) is 0 Å². The molecule has 0 aliphatic carbocycles. The average molecular weight is 196 g/mol. The molecule has 1 aromatic heterocycles. The van der Waals surface area contributed by atoms with E-state index < -0.39 is 0 Å². The molecule has 1 N–H and O–H groups in total. The maximum absolute atomic E-state index is 4.24. The van der Waals surface area contributed by atoms with Crippen molar-refractivity contribution in [3.8, 4) is 0 Å². The third-order valence-electron chi connectivity index (χ3n) is 1.73. The zero-order chi connectivity index (χ0) is 9.68. The first kappa shape index (κ1) is 10.4. The van der Waals surface area contributed by atoms with Crippen molar-refractivity contribution < 1.29 is 0 Å². The Kier molecular flexibility index (Phi) is 4.09. The normalized spacial score (nSPS) is 10.1. The molecule has 72 valence electrons. The van der Waals surface area contributed by atoms with Crippen LogP contribution in [0.4, 0.5) is 5.69 Å². The van der Waals surface area contributed by atoms with E-state index in [1.165, 1.54) is 11.3 Å². The van der Waals surface area contributed by atoms with Crippen molar-refractivity contribution in [2.75, 3.05) is 18.1 Å². The fourth-order valence-electron chi connectivity index (χ4n) is 1.05. The first-order valence-corrected chi connectivity index (χ1v) is 5.53. The molecular formula is C10H16N2S. The molecule has 0 atom stereocenters. The Balaban J connectivity index is 2.81. The maximum atomic E-state index is 4.24. The summed E-state index contributed by atoms with van der Waals surface area (Å²) < 4.78 is 0. The number of thioether (sulfide) groups is 1. The van der Waals surface area contributed by atoms with E-state index in [-0.39, 0.29) is 0 Å². The minimum absolute atomic E-state index is 1.08. The SMILES string of the molecule is CCCSc1cc(C)ncc1NC. The van der Waals surface area contributed by atoms with Gasteiger partial charge in [0, 0.05) is 17.6 Å². The second-order valence-electron chi connectivity index (χ2n) is 2.92. The van der Waals surface area contributed by atoms with Gasteiger partial charge in [-0.25, -0.2) is 0 Å². The lowest BCUT2D eigenvalue weighted by atomic mass is 10.3. The highest BCUT2D eigenvalue weighted by Crippen LogP contribution is 2.27. The van der Waals surface area contributed by atoms with Crippen LogP contribution in [-0.4, -0.2) is 17.8 Å². The molecule has 1 aromatic rings. The van der Waals surface area contributed by atoms with Crippen LogP contribution in [-0.2, 0) is 0 Å². The second-order valence-corrected chi connectivity index (χ2v) is 4.06. The molecule has 2 nitrogen and oxygen atoms in total. The third kappa shape index (κ3) is 2.92. The van der Waals surface area contributed by atoms with Crippen LogP contribution in [0.2, 0.25) is 0 Å². The number of aromatic nitrogens is 1. The molecule has 0 fully saturated rings. The quantitative estimate of drug-likeness (QED) is 0.749. The van der Waals surface area contributed by atoms with Crippen LogP contribution < -0.4 is 5.32 Å². The van der Waals surface area contributed by atoms with E-state index >= 15 is 0 Å². The van der Waals surface area contributed by atoms with E-state index in [4.69, 9.17) is 0 Å². The topological polar surface area (TPSA) is 24.9 Å². The summed E-state index contributed by atoms with van der Waals surface area (Å²) in [6.07, 6.45) is 3.10. The molecular weight excluding hydrogens is 180 g/mol. The van der Waals surface area contributed by atoms with Crippen LogP contribution >= 0.6 is 11.8 Å². The van der Waals surface area contributed by atoms with Gasteiger partial charge in [-0.2, -0.15) is 0 Å². The van der Waals surface area contributed by atoms with Crippen LogP contribution in [0, 0.1) is 6.92 Å². The zero-order valence-corrected chi connectivity index (χ0v) is 9.24. The second kappa shape index (κ2) is 5.12. The Bertz CT molecular complexity index is 274. The van der Waals surface area contributed by atoms with Gasteiger partial charge >= 0.3 is 0 Å². The molecule has 0 radical (unpaired) electrons. The van der Waals surface area contributed by atoms with Gasteiger partial charge in [-0.15, -0.1) is 11.8 Å². The van der Waals surface area contributed by atoms with Gasteiger partial charge in [0.25, 0.3) is 0 Å². The number of nitrogens with one attached hydrogen (secondary N) is 1. The van der Waals surface area contributed by atoms with Crippen molar-refractivity contribution in [2.24, 2.45) is 0 Å². The molecule has 0 saturated heterocycles. The van der Waals surface area contributed by atoms with Crippen molar-refractivity contribution in [3.05, 3.63) is 18.0 Å². The average Bonchev–Trinajstić information content (AvgIpc) is 2.15. The molecule has 1 rings (SSSR count). The Morgan fingerprint density at radius 1 is 1.54 bits per heavy atom. The lowest BCUT2D eigenvalue weighted by Gasteiger charge is -2.07. The molecule has 0 saturated carbocycles. The third-order valence-corrected chi connectivity index (χ3v) is 2.99. The van der Waals surface area contributed by atoms with E-state index in [1.807, 2.05) is 31.9 Å². The van der Waals surface area contributed by atoms with Crippen molar-refractivity contribution >= 4 is 17.4 Å². The minimum atomic E-state index is 1.08. The summed E-state index contributed by atoms with van der Waals surface area (Å²) in [5.41, 5.74) is 2.21. The van der Waals surface area contributed by atoms with Crippen molar-refractivity contribution in [3.63, 3.8) is 0 Å². The summed E-state index contributed by atoms with van der Waals surface area (Å²) in [5, 5.41) is 3.15. The fourth-order valence-corrected chi connectivity index (χ4v) is 2.04. The molecule has 3 heteroatoms. The zero-order valence-electron chi connectivity index (χ0n) is 8.42. The number of rotatable bonds is 4. The van der Waals surface area contributed by atoms with E-state index in [0.717, 1.165) is 17.1 Å². The number of nitrogens with zero attached hydrogens (tertiary/aromatic N) is 1. The molecule has 0 bridgehead atoms. The molecule has 0 aliphatic rings. The van der Waals surface area contributed by atoms with Crippen LogP contribution in [0.5, 0.6) is 0 Å². The monoisotopic (exact) mass is 196 g/mol. The van der Waals surface area contributed by atoms with Gasteiger partial charge in [0.1, 0.15) is 0 Å². The molecule has 13 heavy (non-hydrogen) atoms. The Morgan fingerprint density at radius 2 is 2.31 bits per heavy atom. The lowest BCUT2D eigenvalue weighted by molar-refractivity contribution is 1.10. The first-order valence-electron chi connectivity index (χ1n) is 4.55. The molecule has 1 heterocycles. The van der Waals surface area contributed by atoms with Crippen molar-refractivity contribution in [1.82, 2.24) is 4.98 Å². The largest absolute Gasteiger partial charge is 0.386 e. The minimum Gasteiger partial charge on any atom is -0.386 e. The highest BCUT2D eigenvalue weighted by molar-refractivity contribution is 7.99. The maximum Gasteiger partial charge on any atom is 0.0662 e. The highest BCUT2D eigenvalue weighted by atomic mass is 32.2. The van der Waals surface area contributed by atoms with Gasteiger partial charge in [-0.3, -0.25) is 4.98 Å². The highest BCUT2D eigenvalue weighted by Gasteiger charge is 2.01. The van der Waals surface area contributed by atoms with Gasteiger partial charge in [0.05, 0.1) is 11.9 Å². The van der Waals surface area contributed by atoms with Gasteiger partial charge in [-0.05, 0) is 25.2 Å². The van der Waals surface area contributed by atoms with Crippen LogP contribution in [0.25, 0.3) is 0 Å². The summed E-state index contributed by atoms with van der Waals surface area (Å²) in [7, 11) is 1.93. The number of pyridine rings is 1. The Hall–Kier alpha value is -0.700. The van der Waals surface area contributed by atoms with Crippen LogP contribution in [0.3, 0.4) is 0 Å². The number of anilines is 1. The number of aryl methyl sites for hydroxylation is 1. The van der Waals surface area contributed by atoms with Crippen LogP contribution in [0.15, 0.2) is 17.2 Å². The van der Waals surface area contributed by atoms with E-state index in [9.17, 15) is 0 Å². The Morgan fingerprint density at radius 3 is 2.92 bits per heavy atom. The van der Waals surface area contributed by atoms with Crippen molar-refractivity contribution in [2.45, 2.75) is 25.2 Å². The van der Waals surface area contributed by atoms with Crippen LogP contribution in [0.1, 0.15) is 19.0 Å². The van der Waals surface area contributed by atoms with E-state index in [0.29, 0.717) is 0 Å². The molecule has 0 amide bonds.